The van der Waals surface area contributed by atoms with Gasteiger partial charge in [0.05, 0.1) is 0 Å². The summed E-state index contributed by atoms with van der Waals surface area (Å²) in [6.45, 7) is 7.40. The number of thiophene rings is 1. The van der Waals surface area contributed by atoms with E-state index in [9.17, 15) is 0 Å². The van der Waals surface area contributed by atoms with Gasteiger partial charge in [-0.25, -0.2) is 0 Å². The molecule has 0 N–H and O–H groups in total. The van der Waals surface area contributed by atoms with Crippen LogP contribution in [0.1, 0.15) is 29.3 Å². The number of aromatic nitrogens is 3. The van der Waals surface area contributed by atoms with Gasteiger partial charge in [-0.2, -0.15) is 0 Å². The zero-order chi connectivity index (χ0) is 16.2. The average molecular weight is 344 g/mol. The number of rotatable bonds is 6. The van der Waals surface area contributed by atoms with Crippen LogP contribution in [0.3, 0.4) is 0 Å². The molecule has 0 saturated heterocycles. The van der Waals surface area contributed by atoms with Gasteiger partial charge in [-0.3, -0.25) is 0 Å². The minimum atomic E-state index is 0.923. The zero-order valence-electron chi connectivity index (χ0n) is 13.7. The Kier molecular flexibility index (Phi) is 5.18. The van der Waals surface area contributed by atoms with Crippen molar-refractivity contribution in [3.05, 3.63) is 51.7 Å². The second kappa shape index (κ2) is 7.32. The van der Waals surface area contributed by atoms with Gasteiger partial charge in [-0.1, -0.05) is 48.5 Å². The van der Waals surface area contributed by atoms with Gasteiger partial charge in [0.1, 0.15) is 0 Å². The Balaban J connectivity index is 1.83. The molecule has 0 saturated carbocycles. The molecule has 0 spiro atoms. The number of aryl methyl sites for hydroxylation is 2. The minimum absolute atomic E-state index is 0.923. The Morgan fingerprint density at radius 3 is 2.74 bits per heavy atom. The third kappa shape index (κ3) is 3.85. The number of hydrogen-bond acceptors (Lipinski definition) is 4. The van der Waals surface area contributed by atoms with Crippen molar-refractivity contribution in [1.82, 2.24) is 14.8 Å². The second-order valence-corrected chi connectivity index (χ2v) is 7.74. The Bertz CT molecular complexity index is 789. The van der Waals surface area contributed by atoms with Gasteiger partial charge in [0.2, 0.25) is 0 Å². The molecule has 0 aliphatic carbocycles. The third-order valence-corrected chi connectivity index (χ3v) is 5.50. The van der Waals surface area contributed by atoms with Crippen molar-refractivity contribution in [2.45, 2.75) is 44.6 Å². The maximum Gasteiger partial charge on any atom is 0.191 e. The summed E-state index contributed by atoms with van der Waals surface area (Å²) in [5.74, 6) is 1.91. The summed E-state index contributed by atoms with van der Waals surface area (Å²) in [5.41, 5.74) is 3.80. The molecule has 1 aromatic carbocycles. The number of nitrogens with zero attached hydrogens (tertiary/aromatic N) is 3. The molecule has 0 aliphatic heterocycles. The lowest BCUT2D eigenvalue weighted by molar-refractivity contribution is 0.626. The van der Waals surface area contributed by atoms with E-state index < -0.39 is 0 Å². The van der Waals surface area contributed by atoms with Crippen LogP contribution in [0.15, 0.2) is 40.9 Å². The predicted molar refractivity (Wildman–Crippen MR) is 99.1 cm³/mol. The van der Waals surface area contributed by atoms with Crippen molar-refractivity contribution in [3.8, 4) is 11.4 Å². The van der Waals surface area contributed by atoms with E-state index in [1.165, 1.54) is 21.6 Å². The summed E-state index contributed by atoms with van der Waals surface area (Å²) >= 11 is 3.52. The predicted octanol–water partition coefficient (Wildman–Crippen LogP) is 5.33. The largest absolute Gasteiger partial charge is 0.302 e. The van der Waals surface area contributed by atoms with E-state index in [0.717, 1.165) is 29.7 Å². The van der Waals surface area contributed by atoms with Crippen molar-refractivity contribution < 1.29 is 0 Å². The molecule has 3 rings (SSSR count). The SMILES string of the molecule is CCCn1c(SCc2cccc(C)c2)nnc1-c1csc(C)c1. The molecule has 0 amide bonds. The van der Waals surface area contributed by atoms with E-state index in [2.05, 4.69) is 71.2 Å². The van der Waals surface area contributed by atoms with Gasteiger partial charge >= 0.3 is 0 Å². The topological polar surface area (TPSA) is 30.7 Å². The monoisotopic (exact) mass is 343 g/mol. The lowest BCUT2D eigenvalue weighted by Crippen LogP contribution is -2.01. The minimum Gasteiger partial charge on any atom is -0.302 e. The van der Waals surface area contributed by atoms with Crippen LogP contribution < -0.4 is 0 Å². The van der Waals surface area contributed by atoms with Crippen LogP contribution in [0, 0.1) is 13.8 Å². The second-order valence-electron chi connectivity index (χ2n) is 5.68. The summed E-state index contributed by atoms with van der Waals surface area (Å²) in [4.78, 5) is 1.31. The molecule has 3 aromatic rings. The average Bonchev–Trinajstić information content (AvgIpc) is 3.12. The van der Waals surface area contributed by atoms with Crippen LogP contribution in [0.5, 0.6) is 0 Å². The fourth-order valence-electron chi connectivity index (χ4n) is 2.54. The van der Waals surface area contributed by atoms with Gasteiger partial charge in [0, 0.05) is 28.1 Å². The molecular weight excluding hydrogens is 322 g/mol. The quantitative estimate of drug-likeness (QED) is 0.567. The Morgan fingerprint density at radius 2 is 2.04 bits per heavy atom. The van der Waals surface area contributed by atoms with Crippen molar-refractivity contribution in [3.63, 3.8) is 0 Å². The first-order chi connectivity index (χ1) is 11.2. The molecule has 5 heteroatoms. The highest BCUT2D eigenvalue weighted by atomic mass is 32.2. The van der Waals surface area contributed by atoms with Gasteiger partial charge < -0.3 is 4.57 Å². The first-order valence-corrected chi connectivity index (χ1v) is 9.71. The molecule has 23 heavy (non-hydrogen) atoms. The first-order valence-electron chi connectivity index (χ1n) is 7.84. The molecular formula is C18H21N3S2. The normalized spacial score (nSPS) is 11.1. The van der Waals surface area contributed by atoms with Crippen LogP contribution in [-0.2, 0) is 12.3 Å². The molecule has 0 atom stereocenters. The third-order valence-electron chi connectivity index (χ3n) is 3.60. The van der Waals surface area contributed by atoms with Gasteiger partial charge in [0.25, 0.3) is 0 Å². The molecule has 0 radical (unpaired) electrons. The van der Waals surface area contributed by atoms with Crippen molar-refractivity contribution >= 4 is 23.1 Å². The van der Waals surface area contributed by atoms with E-state index in [1.807, 2.05) is 0 Å². The Morgan fingerprint density at radius 1 is 1.17 bits per heavy atom. The van der Waals surface area contributed by atoms with Crippen LogP contribution in [0.2, 0.25) is 0 Å². The van der Waals surface area contributed by atoms with Gasteiger partial charge in [-0.15, -0.1) is 21.5 Å². The highest BCUT2D eigenvalue weighted by Crippen LogP contribution is 2.29. The molecule has 2 heterocycles. The van der Waals surface area contributed by atoms with E-state index in [4.69, 9.17) is 0 Å². The van der Waals surface area contributed by atoms with E-state index in [1.54, 1.807) is 23.1 Å². The summed E-state index contributed by atoms with van der Waals surface area (Å²) in [6, 6.07) is 10.8. The highest BCUT2D eigenvalue weighted by molar-refractivity contribution is 7.98. The number of thioether (sulfide) groups is 1. The summed E-state index contributed by atoms with van der Waals surface area (Å²) < 4.78 is 2.25. The molecule has 0 fully saturated rings. The maximum atomic E-state index is 4.45. The smallest absolute Gasteiger partial charge is 0.191 e. The lowest BCUT2D eigenvalue weighted by atomic mass is 10.2. The van der Waals surface area contributed by atoms with E-state index >= 15 is 0 Å². The van der Waals surface area contributed by atoms with Crippen LogP contribution in [-0.4, -0.2) is 14.8 Å². The van der Waals surface area contributed by atoms with Crippen LogP contribution in [0.25, 0.3) is 11.4 Å². The Hall–Kier alpha value is -1.59. The molecule has 0 unspecified atom stereocenters. The highest BCUT2D eigenvalue weighted by Gasteiger charge is 2.14. The molecule has 3 nitrogen and oxygen atoms in total. The van der Waals surface area contributed by atoms with E-state index in [-0.39, 0.29) is 0 Å². The number of benzene rings is 1. The van der Waals surface area contributed by atoms with Crippen LogP contribution in [0.4, 0.5) is 0 Å². The van der Waals surface area contributed by atoms with Crippen LogP contribution >= 0.6 is 23.1 Å². The van der Waals surface area contributed by atoms with Crippen molar-refractivity contribution in [2.24, 2.45) is 0 Å². The summed E-state index contributed by atoms with van der Waals surface area (Å²) in [6.07, 6.45) is 1.08. The molecule has 2 aromatic heterocycles. The standard InChI is InChI=1S/C18H21N3S2/c1-4-8-21-17(16-10-14(3)22-12-16)19-20-18(21)23-11-15-7-5-6-13(2)9-15/h5-7,9-10,12H,4,8,11H2,1-3H3. The fourth-order valence-corrected chi connectivity index (χ4v) is 4.13. The van der Waals surface area contributed by atoms with Gasteiger partial charge in [-0.05, 0) is 31.9 Å². The van der Waals surface area contributed by atoms with E-state index in [0.29, 0.717) is 0 Å². The lowest BCUT2D eigenvalue weighted by Gasteiger charge is -2.08. The molecule has 120 valence electrons. The zero-order valence-corrected chi connectivity index (χ0v) is 15.4. The summed E-state index contributed by atoms with van der Waals surface area (Å²) in [5, 5.41) is 12.1. The molecule has 0 aliphatic rings. The summed E-state index contributed by atoms with van der Waals surface area (Å²) in [7, 11) is 0. The molecule has 0 bridgehead atoms. The van der Waals surface area contributed by atoms with Crippen molar-refractivity contribution in [1.29, 1.82) is 0 Å². The fraction of sp³-hybridized carbons (Fsp3) is 0.333. The first kappa shape index (κ1) is 16.3. The van der Waals surface area contributed by atoms with Crippen molar-refractivity contribution in [2.75, 3.05) is 0 Å². The Labute approximate surface area is 145 Å². The van der Waals surface area contributed by atoms with Gasteiger partial charge in [0.15, 0.2) is 11.0 Å². The number of hydrogen-bond donors (Lipinski definition) is 0. The maximum absolute atomic E-state index is 4.45.